The molecule has 0 aliphatic rings. The smallest absolute Gasteiger partial charge is 0.188 e. The molecule has 0 unspecified atom stereocenters. The minimum Gasteiger partial charge on any atom is -0.314 e. The quantitative estimate of drug-likeness (QED) is 0.659. The molecular formula is C19H21NOSi. The number of para-hydroxylation sites is 2. The number of benzene rings is 2. The van der Waals surface area contributed by atoms with Crippen LogP contribution in [-0.2, 0) is 0 Å². The summed E-state index contributed by atoms with van der Waals surface area (Å²) in [6.45, 7) is 8.79. The molecule has 0 saturated heterocycles. The molecule has 0 atom stereocenters. The molecule has 0 spiro atoms. The standard InChI is InChI=1S/C19H21NOSi/c1-14-19(22(2,3)4)18(21)16-12-8-9-13-17(16)20(14)15-10-6-5-7-11-15/h5-13H,1-4H3. The van der Waals surface area contributed by atoms with E-state index in [4.69, 9.17) is 0 Å². The highest BCUT2D eigenvalue weighted by Gasteiger charge is 2.26. The van der Waals surface area contributed by atoms with E-state index in [0.717, 1.165) is 27.5 Å². The van der Waals surface area contributed by atoms with Crippen LogP contribution in [0.1, 0.15) is 5.69 Å². The van der Waals surface area contributed by atoms with Crippen LogP contribution in [0.5, 0.6) is 0 Å². The van der Waals surface area contributed by atoms with E-state index in [-0.39, 0.29) is 5.43 Å². The van der Waals surface area contributed by atoms with Gasteiger partial charge in [0.05, 0.1) is 13.6 Å². The van der Waals surface area contributed by atoms with Gasteiger partial charge in [0.1, 0.15) is 0 Å². The van der Waals surface area contributed by atoms with Crippen LogP contribution in [0.15, 0.2) is 59.4 Å². The lowest BCUT2D eigenvalue weighted by Gasteiger charge is -2.24. The Kier molecular flexibility index (Phi) is 3.53. The van der Waals surface area contributed by atoms with Gasteiger partial charge in [-0.3, -0.25) is 4.79 Å². The first-order chi connectivity index (χ1) is 10.4. The third kappa shape index (κ3) is 2.31. The van der Waals surface area contributed by atoms with Crippen LogP contribution in [-0.4, -0.2) is 12.6 Å². The highest BCUT2D eigenvalue weighted by atomic mass is 28.3. The van der Waals surface area contributed by atoms with Gasteiger partial charge in [0.25, 0.3) is 0 Å². The molecule has 112 valence electrons. The molecule has 0 radical (unpaired) electrons. The van der Waals surface area contributed by atoms with Crippen molar-refractivity contribution in [2.24, 2.45) is 0 Å². The maximum absolute atomic E-state index is 13.0. The van der Waals surface area contributed by atoms with Crippen molar-refractivity contribution in [3.8, 4) is 5.69 Å². The fourth-order valence-corrected chi connectivity index (χ4v) is 5.26. The summed E-state index contributed by atoms with van der Waals surface area (Å²) in [5, 5.41) is 1.84. The molecule has 1 aromatic heterocycles. The number of pyridine rings is 1. The molecule has 22 heavy (non-hydrogen) atoms. The Morgan fingerprint density at radius 3 is 2.09 bits per heavy atom. The van der Waals surface area contributed by atoms with Gasteiger partial charge in [-0.25, -0.2) is 0 Å². The molecule has 0 aliphatic carbocycles. The zero-order valence-corrected chi connectivity index (χ0v) is 14.6. The normalized spacial score (nSPS) is 11.8. The molecule has 0 aliphatic heterocycles. The summed E-state index contributed by atoms with van der Waals surface area (Å²) in [5.41, 5.74) is 3.38. The summed E-state index contributed by atoms with van der Waals surface area (Å²) in [6.07, 6.45) is 0. The van der Waals surface area contributed by atoms with Crippen LogP contribution in [0.3, 0.4) is 0 Å². The summed E-state index contributed by atoms with van der Waals surface area (Å²) in [7, 11) is -1.74. The second kappa shape index (κ2) is 5.25. The van der Waals surface area contributed by atoms with E-state index < -0.39 is 8.07 Å². The van der Waals surface area contributed by atoms with Crippen LogP contribution < -0.4 is 10.6 Å². The topological polar surface area (TPSA) is 22.0 Å². The van der Waals surface area contributed by atoms with Gasteiger partial charge in [-0.1, -0.05) is 50.0 Å². The van der Waals surface area contributed by atoms with Crippen molar-refractivity contribution in [1.29, 1.82) is 0 Å². The predicted octanol–water partition coefficient (Wildman–Crippen LogP) is 3.84. The summed E-state index contributed by atoms with van der Waals surface area (Å²) in [6, 6.07) is 18.2. The lowest BCUT2D eigenvalue weighted by atomic mass is 10.1. The van der Waals surface area contributed by atoms with Gasteiger partial charge in [0.2, 0.25) is 0 Å². The number of hydrogen-bond acceptors (Lipinski definition) is 1. The van der Waals surface area contributed by atoms with Gasteiger partial charge in [-0.05, 0) is 31.2 Å². The molecule has 0 saturated carbocycles. The van der Waals surface area contributed by atoms with Gasteiger partial charge < -0.3 is 4.57 Å². The molecular weight excluding hydrogens is 286 g/mol. The second-order valence-electron chi connectivity index (χ2n) is 6.73. The Morgan fingerprint density at radius 1 is 0.864 bits per heavy atom. The lowest BCUT2D eigenvalue weighted by Crippen LogP contribution is -2.50. The summed E-state index contributed by atoms with van der Waals surface area (Å²) < 4.78 is 2.23. The first-order valence-electron chi connectivity index (χ1n) is 7.61. The fourth-order valence-electron chi connectivity index (χ4n) is 3.25. The van der Waals surface area contributed by atoms with Crippen LogP contribution in [0.4, 0.5) is 0 Å². The molecule has 0 fully saturated rings. The third-order valence-electron chi connectivity index (χ3n) is 4.08. The molecule has 2 aromatic carbocycles. The molecule has 0 bridgehead atoms. The van der Waals surface area contributed by atoms with Gasteiger partial charge in [0.15, 0.2) is 5.43 Å². The Balaban J connectivity index is 2.54. The second-order valence-corrected chi connectivity index (χ2v) is 11.7. The summed E-state index contributed by atoms with van der Waals surface area (Å²) in [4.78, 5) is 13.0. The number of rotatable bonds is 2. The van der Waals surface area contributed by atoms with Crippen molar-refractivity contribution in [3.63, 3.8) is 0 Å². The number of nitrogens with zero attached hydrogens (tertiary/aromatic N) is 1. The van der Waals surface area contributed by atoms with Crippen molar-refractivity contribution >= 4 is 24.2 Å². The lowest BCUT2D eigenvalue weighted by molar-refractivity contribution is 1.03. The zero-order valence-electron chi connectivity index (χ0n) is 13.6. The Morgan fingerprint density at radius 2 is 1.45 bits per heavy atom. The van der Waals surface area contributed by atoms with Crippen molar-refractivity contribution in [2.45, 2.75) is 26.6 Å². The van der Waals surface area contributed by atoms with E-state index >= 15 is 0 Å². The number of aromatic nitrogens is 1. The number of fused-ring (bicyclic) bond motifs is 1. The van der Waals surface area contributed by atoms with Gasteiger partial charge in [0, 0.05) is 22.0 Å². The van der Waals surface area contributed by atoms with E-state index in [0.29, 0.717) is 0 Å². The summed E-state index contributed by atoms with van der Waals surface area (Å²) >= 11 is 0. The molecule has 3 aromatic rings. The van der Waals surface area contributed by atoms with Crippen molar-refractivity contribution < 1.29 is 0 Å². The van der Waals surface area contributed by atoms with Crippen LogP contribution in [0.25, 0.3) is 16.6 Å². The van der Waals surface area contributed by atoms with Crippen molar-refractivity contribution in [3.05, 3.63) is 70.5 Å². The van der Waals surface area contributed by atoms with Crippen molar-refractivity contribution in [2.75, 3.05) is 0 Å². The largest absolute Gasteiger partial charge is 0.314 e. The van der Waals surface area contributed by atoms with Crippen LogP contribution in [0.2, 0.25) is 19.6 Å². The van der Waals surface area contributed by atoms with E-state index in [2.05, 4.69) is 43.3 Å². The van der Waals surface area contributed by atoms with Crippen LogP contribution >= 0.6 is 0 Å². The first-order valence-corrected chi connectivity index (χ1v) is 11.1. The van der Waals surface area contributed by atoms with Gasteiger partial charge >= 0.3 is 0 Å². The van der Waals surface area contributed by atoms with Gasteiger partial charge in [-0.2, -0.15) is 0 Å². The molecule has 2 nitrogen and oxygen atoms in total. The van der Waals surface area contributed by atoms with Crippen LogP contribution in [0, 0.1) is 6.92 Å². The molecule has 0 N–H and O–H groups in total. The minimum absolute atomic E-state index is 0.208. The van der Waals surface area contributed by atoms with E-state index in [1.807, 2.05) is 42.5 Å². The molecule has 0 amide bonds. The number of hydrogen-bond donors (Lipinski definition) is 0. The average molecular weight is 307 g/mol. The Hall–Kier alpha value is -2.13. The molecule has 3 rings (SSSR count). The maximum Gasteiger partial charge on any atom is 0.188 e. The third-order valence-corrected chi connectivity index (χ3v) is 6.17. The van der Waals surface area contributed by atoms with E-state index in [1.54, 1.807) is 0 Å². The first kappa shape index (κ1) is 14.8. The minimum atomic E-state index is -1.74. The molecule has 3 heteroatoms. The van der Waals surface area contributed by atoms with Gasteiger partial charge in [-0.15, -0.1) is 0 Å². The molecule has 1 heterocycles. The predicted molar refractivity (Wildman–Crippen MR) is 97.3 cm³/mol. The monoisotopic (exact) mass is 307 g/mol. The Bertz CT molecular complexity index is 889. The zero-order chi connectivity index (χ0) is 15.9. The van der Waals surface area contributed by atoms with E-state index in [1.165, 1.54) is 0 Å². The Labute approximate surface area is 132 Å². The highest BCUT2D eigenvalue weighted by Crippen LogP contribution is 2.19. The average Bonchev–Trinajstić information content (AvgIpc) is 2.47. The van der Waals surface area contributed by atoms with E-state index in [9.17, 15) is 4.79 Å². The SMILES string of the molecule is Cc1c([Si](C)(C)C)c(=O)c2ccccc2n1-c1ccccc1. The van der Waals surface area contributed by atoms with Crippen molar-refractivity contribution in [1.82, 2.24) is 4.57 Å². The maximum atomic E-state index is 13.0. The highest BCUT2D eigenvalue weighted by molar-refractivity contribution is 6.89. The fraction of sp³-hybridized carbons (Fsp3) is 0.211. The summed E-state index contributed by atoms with van der Waals surface area (Å²) in [5.74, 6) is 0.